The molecule has 0 aliphatic heterocycles. The van der Waals surface area contributed by atoms with Crippen LogP contribution in [0.5, 0.6) is 0 Å². The van der Waals surface area contributed by atoms with Gasteiger partial charge in [-0.1, -0.05) is 31.5 Å². The number of carbonyl (C=O) groups excluding carboxylic acids is 2. The highest BCUT2D eigenvalue weighted by Crippen LogP contribution is 2.15. The van der Waals surface area contributed by atoms with E-state index >= 15 is 0 Å². The van der Waals surface area contributed by atoms with Crippen LogP contribution in [0.1, 0.15) is 38.3 Å². The number of nitrogens with one attached hydrogen (secondary N) is 3. The second-order valence-electron chi connectivity index (χ2n) is 4.78. The third-order valence-corrected chi connectivity index (χ3v) is 3.01. The number of imide groups is 1. The minimum Gasteiger partial charge on any atom is -0.338 e. The van der Waals surface area contributed by atoms with Crippen molar-refractivity contribution in [2.75, 3.05) is 13.1 Å². The summed E-state index contributed by atoms with van der Waals surface area (Å²) in [4.78, 5) is 22.9. The van der Waals surface area contributed by atoms with Gasteiger partial charge in [-0.15, -0.1) is 0 Å². The highest BCUT2D eigenvalue weighted by atomic mass is 19.1. The van der Waals surface area contributed by atoms with Crippen molar-refractivity contribution in [3.63, 3.8) is 0 Å². The minimum atomic E-state index is -0.506. The largest absolute Gasteiger partial charge is 0.338 e. The third kappa shape index (κ3) is 6.35. The zero-order valence-electron chi connectivity index (χ0n) is 12.4. The summed E-state index contributed by atoms with van der Waals surface area (Å²) in [5.41, 5.74) is 0.484. The van der Waals surface area contributed by atoms with E-state index in [1.807, 2.05) is 6.92 Å². The van der Waals surface area contributed by atoms with Gasteiger partial charge in [0.2, 0.25) is 5.91 Å². The molecule has 0 heterocycles. The van der Waals surface area contributed by atoms with Crippen molar-refractivity contribution in [1.82, 2.24) is 16.0 Å². The lowest BCUT2D eigenvalue weighted by molar-refractivity contribution is -0.119. The second-order valence-corrected chi connectivity index (χ2v) is 4.78. The maximum atomic E-state index is 13.5. The second kappa shape index (κ2) is 9.07. The van der Waals surface area contributed by atoms with Crippen LogP contribution in [0, 0.1) is 5.82 Å². The molecule has 0 fully saturated rings. The first-order valence-corrected chi connectivity index (χ1v) is 7.10. The van der Waals surface area contributed by atoms with Gasteiger partial charge in [0.1, 0.15) is 5.82 Å². The van der Waals surface area contributed by atoms with Gasteiger partial charge in [0, 0.05) is 18.2 Å². The summed E-state index contributed by atoms with van der Waals surface area (Å²) in [6.45, 7) is 4.25. The molecule has 21 heavy (non-hydrogen) atoms. The summed E-state index contributed by atoms with van der Waals surface area (Å²) in [6.07, 6.45) is 1.83. The van der Waals surface area contributed by atoms with E-state index in [9.17, 15) is 14.0 Å². The van der Waals surface area contributed by atoms with Crippen LogP contribution in [-0.4, -0.2) is 25.0 Å². The highest BCUT2D eigenvalue weighted by molar-refractivity contribution is 5.95. The molecule has 0 bridgehead atoms. The number of halogens is 1. The van der Waals surface area contributed by atoms with Gasteiger partial charge in [0.25, 0.3) is 0 Å². The highest BCUT2D eigenvalue weighted by Gasteiger charge is 2.12. The number of hydrogen-bond donors (Lipinski definition) is 3. The quantitative estimate of drug-likeness (QED) is 0.675. The van der Waals surface area contributed by atoms with E-state index in [-0.39, 0.29) is 18.4 Å². The number of hydrogen-bond acceptors (Lipinski definition) is 3. The van der Waals surface area contributed by atoms with E-state index in [0.717, 1.165) is 12.8 Å². The number of benzene rings is 1. The molecular weight excluding hydrogens is 273 g/mol. The van der Waals surface area contributed by atoms with E-state index in [4.69, 9.17) is 0 Å². The van der Waals surface area contributed by atoms with Gasteiger partial charge in [-0.3, -0.25) is 10.1 Å². The number of amides is 3. The molecule has 116 valence electrons. The van der Waals surface area contributed by atoms with Crippen molar-refractivity contribution in [3.05, 3.63) is 35.6 Å². The van der Waals surface area contributed by atoms with Crippen molar-refractivity contribution in [3.8, 4) is 0 Å². The molecule has 0 aromatic heterocycles. The Morgan fingerprint density at radius 1 is 1.29 bits per heavy atom. The maximum absolute atomic E-state index is 13.5. The Hall–Kier alpha value is -1.95. The molecule has 0 spiro atoms. The molecule has 3 N–H and O–H groups in total. The number of unbranched alkanes of at least 4 members (excludes halogenated alkanes) is 1. The summed E-state index contributed by atoms with van der Waals surface area (Å²) in [6, 6.07) is 5.54. The van der Waals surface area contributed by atoms with Gasteiger partial charge in [0.15, 0.2) is 0 Å². The lowest BCUT2D eigenvalue weighted by Gasteiger charge is -2.14. The third-order valence-electron chi connectivity index (χ3n) is 3.01. The van der Waals surface area contributed by atoms with Gasteiger partial charge >= 0.3 is 6.03 Å². The molecule has 0 saturated carbocycles. The van der Waals surface area contributed by atoms with Crippen LogP contribution < -0.4 is 16.0 Å². The average Bonchev–Trinajstić information content (AvgIpc) is 2.45. The Morgan fingerprint density at radius 2 is 2.00 bits per heavy atom. The van der Waals surface area contributed by atoms with Crippen LogP contribution >= 0.6 is 0 Å². The van der Waals surface area contributed by atoms with Crippen molar-refractivity contribution in [2.24, 2.45) is 0 Å². The molecular formula is C15H22FN3O2. The predicted molar refractivity (Wildman–Crippen MR) is 79.3 cm³/mol. The van der Waals surface area contributed by atoms with E-state index in [1.165, 1.54) is 6.07 Å². The van der Waals surface area contributed by atoms with Crippen LogP contribution in [0.15, 0.2) is 24.3 Å². The molecule has 5 nitrogen and oxygen atoms in total. The summed E-state index contributed by atoms with van der Waals surface area (Å²) >= 11 is 0. The van der Waals surface area contributed by atoms with Crippen LogP contribution in [0.3, 0.4) is 0 Å². The van der Waals surface area contributed by atoms with E-state index in [1.54, 1.807) is 25.1 Å². The first-order chi connectivity index (χ1) is 10.0. The number of rotatable bonds is 7. The number of urea groups is 1. The first-order valence-electron chi connectivity index (χ1n) is 7.10. The molecule has 1 atom stereocenters. The molecule has 0 aliphatic carbocycles. The fourth-order valence-corrected chi connectivity index (χ4v) is 1.78. The predicted octanol–water partition coefficient (Wildman–Crippen LogP) is 2.10. The molecule has 0 aliphatic rings. The zero-order valence-corrected chi connectivity index (χ0v) is 12.4. The molecule has 1 rings (SSSR count). The van der Waals surface area contributed by atoms with Crippen LogP contribution in [0.2, 0.25) is 0 Å². The van der Waals surface area contributed by atoms with Crippen molar-refractivity contribution < 1.29 is 14.0 Å². The van der Waals surface area contributed by atoms with E-state index < -0.39 is 11.9 Å². The Balaban J connectivity index is 2.33. The molecule has 6 heteroatoms. The lowest BCUT2D eigenvalue weighted by Crippen LogP contribution is -2.44. The average molecular weight is 295 g/mol. The number of carbonyl (C=O) groups is 2. The fraction of sp³-hybridized carbons (Fsp3) is 0.467. The summed E-state index contributed by atoms with van der Waals surface area (Å²) < 4.78 is 13.5. The maximum Gasteiger partial charge on any atom is 0.321 e. The van der Waals surface area contributed by atoms with Gasteiger partial charge in [-0.2, -0.15) is 0 Å². The molecule has 1 unspecified atom stereocenters. The normalized spacial score (nSPS) is 11.8. The summed E-state index contributed by atoms with van der Waals surface area (Å²) in [5.74, 6) is -0.776. The monoisotopic (exact) mass is 295 g/mol. The van der Waals surface area contributed by atoms with Crippen LogP contribution in [0.4, 0.5) is 9.18 Å². The Labute approximate surface area is 124 Å². The lowest BCUT2D eigenvalue weighted by atomic mass is 10.1. The van der Waals surface area contributed by atoms with Crippen LogP contribution in [0.25, 0.3) is 0 Å². The fourth-order valence-electron chi connectivity index (χ4n) is 1.78. The van der Waals surface area contributed by atoms with Gasteiger partial charge in [-0.25, -0.2) is 9.18 Å². The molecule has 3 amide bonds. The van der Waals surface area contributed by atoms with Gasteiger partial charge in [0.05, 0.1) is 6.54 Å². The van der Waals surface area contributed by atoms with E-state index in [2.05, 4.69) is 16.0 Å². The molecule has 1 aromatic carbocycles. The van der Waals surface area contributed by atoms with Gasteiger partial charge in [-0.05, 0) is 19.4 Å². The van der Waals surface area contributed by atoms with Crippen molar-refractivity contribution >= 4 is 11.9 Å². The van der Waals surface area contributed by atoms with Crippen LogP contribution in [-0.2, 0) is 4.79 Å². The van der Waals surface area contributed by atoms with Crippen molar-refractivity contribution in [1.29, 1.82) is 0 Å². The Bertz CT molecular complexity index is 480. The zero-order chi connectivity index (χ0) is 15.7. The molecule has 0 saturated heterocycles. The Kier molecular flexibility index (Phi) is 7.39. The first kappa shape index (κ1) is 17.1. The topological polar surface area (TPSA) is 70.2 Å². The summed E-state index contributed by atoms with van der Waals surface area (Å²) in [7, 11) is 0. The Morgan fingerprint density at radius 3 is 2.67 bits per heavy atom. The van der Waals surface area contributed by atoms with Gasteiger partial charge < -0.3 is 10.6 Å². The molecule has 0 radical (unpaired) electrons. The minimum absolute atomic E-state index is 0.0588. The standard InChI is InChI=1S/C15H22FN3O2/c1-3-4-9-17-15(21)19-14(20)10-18-11(2)12-7-5-6-8-13(12)16/h5-8,11,18H,3-4,9-10H2,1-2H3,(H2,17,19,20,21). The summed E-state index contributed by atoms with van der Waals surface area (Å²) in [5, 5.41) is 7.68. The van der Waals surface area contributed by atoms with Crippen molar-refractivity contribution in [2.45, 2.75) is 32.7 Å². The SMILES string of the molecule is CCCCNC(=O)NC(=O)CNC(C)c1ccccc1F. The molecule has 1 aromatic rings. The van der Waals surface area contributed by atoms with E-state index in [0.29, 0.717) is 12.1 Å². The smallest absolute Gasteiger partial charge is 0.321 e.